The molecule has 9 nitrogen and oxygen atoms in total. The SMILES string of the molecule is CC1CC(c2ccncc2Nc2ncc3ccc(-c4c(F)cccc4F)nn23)CC(N)C1OCCS(C)(=O)=O. The Bertz CT molecular complexity index is 1560. The molecular weight excluding hydrogens is 526 g/mol. The van der Waals surface area contributed by atoms with Crippen molar-refractivity contribution >= 4 is 27.0 Å². The summed E-state index contributed by atoms with van der Waals surface area (Å²) in [6, 6.07) is 8.60. The van der Waals surface area contributed by atoms with E-state index < -0.39 is 21.5 Å². The Morgan fingerprint density at radius 2 is 1.90 bits per heavy atom. The van der Waals surface area contributed by atoms with E-state index in [0.717, 1.165) is 17.7 Å². The highest BCUT2D eigenvalue weighted by molar-refractivity contribution is 7.90. The van der Waals surface area contributed by atoms with E-state index in [-0.39, 0.29) is 47.6 Å². The standard InChI is InChI=1S/C27H30F2N6O3S/c1-16-12-17(13-22(30)26(16)38-10-11-39(2,36)37)19-8-9-31-15-24(19)33-27-32-14-18-6-7-23(34-35(18)27)25-20(28)4-3-5-21(25)29/h3-9,14-17,22,26H,10-13,30H2,1-2H3,(H,32,33). The molecule has 0 amide bonds. The second-order valence-corrected chi connectivity index (χ2v) is 12.4. The number of nitrogens with zero attached hydrogens (tertiary/aromatic N) is 4. The fourth-order valence-corrected chi connectivity index (χ4v) is 5.67. The zero-order valence-corrected chi connectivity index (χ0v) is 22.4. The zero-order chi connectivity index (χ0) is 27.7. The molecule has 4 unspecified atom stereocenters. The lowest BCUT2D eigenvalue weighted by molar-refractivity contribution is -0.0152. The Labute approximate surface area is 225 Å². The van der Waals surface area contributed by atoms with E-state index >= 15 is 0 Å². The van der Waals surface area contributed by atoms with E-state index in [2.05, 4.69) is 27.3 Å². The van der Waals surface area contributed by atoms with E-state index in [1.807, 2.05) is 6.07 Å². The number of fused-ring (bicyclic) bond motifs is 1. The van der Waals surface area contributed by atoms with Crippen molar-refractivity contribution < 1.29 is 21.9 Å². The van der Waals surface area contributed by atoms with Gasteiger partial charge in [-0.2, -0.15) is 9.61 Å². The molecule has 1 saturated carbocycles. The van der Waals surface area contributed by atoms with E-state index in [1.165, 1.54) is 29.0 Å². The summed E-state index contributed by atoms with van der Waals surface area (Å²) in [6.45, 7) is 2.17. The van der Waals surface area contributed by atoms with E-state index in [0.29, 0.717) is 17.9 Å². The lowest BCUT2D eigenvalue weighted by Gasteiger charge is -2.39. The maximum Gasteiger partial charge on any atom is 0.229 e. The second-order valence-electron chi connectivity index (χ2n) is 10.1. The second kappa shape index (κ2) is 10.9. The van der Waals surface area contributed by atoms with Gasteiger partial charge < -0.3 is 15.8 Å². The van der Waals surface area contributed by atoms with Crippen LogP contribution in [0.25, 0.3) is 16.8 Å². The third-order valence-electron chi connectivity index (χ3n) is 7.10. The molecule has 39 heavy (non-hydrogen) atoms. The average Bonchev–Trinajstić information content (AvgIpc) is 3.27. The van der Waals surface area contributed by atoms with Crippen LogP contribution in [-0.4, -0.2) is 58.8 Å². The van der Waals surface area contributed by atoms with Gasteiger partial charge in [0.15, 0.2) is 0 Å². The first-order valence-corrected chi connectivity index (χ1v) is 14.7. The number of ether oxygens (including phenoxy) is 1. The van der Waals surface area contributed by atoms with Crippen LogP contribution in [0.15, 0.2) is 55.0 Å². The number of hydrogen-bond donors (Lipinski definition) is 2. The van der Waals surface area contributed by atoms with E-state index in [1.54, 1.807) is 30.7 Å². The van der Waals surface area contributed by atoms with Crippen molar-refractivity contribution in [1.29, 1.82) is 0 Å². The minimum atomic E-state index is -3.11. The summed E-state index contributed by atoms with van der Waals surface area (Å²) in [6.07, 6.45) is 7.40. The van der Waals surface area contributed by atoms with Gasteiger partial charge in [0.25, 0.3) is 0 Å². The quantitative estimate of drug-likeness (QED) is 0.333. The summed E-state index contributed by atoms with van der Waals surface area (Å²) < 4.78 is 59.1. The smallest absolute Gasteiger partial charge is 0.229 e. The zero-order valence-electron chi connectivity index (χ0n) is 21.6. The average molecular weight is 557 g/mol. The van der Waals surface area contributed by atoms with Crippen LogP contribution in [0.4, 0.5) is 20.4 Å². The molecule has 0 aliphatic heterocycles. The minimum absolute atomic E-state index is 0.0393. The van der Waals surface area contributed by atoms with Crippen molar-refractivity contribution in [2.75, 3.05) is 23.9 Å². The molecule has 4 atom stereocenters. The number of benzene rings is 1. The van der Waals surface area contributed by atoms with Gasteiger partial charge in [-0.1, -0.05) is 13.0 Å². The molecule has 1 aliphatic rings. The maximum absolute atomic E-state index is 14.4. The number of imidazole rings is 1. The Morgan fingerprint density at radius 1 is 1.13 bits per heavy atom. The van der Waals surface area contributed by atoms with E-state index in [4.69, 9.17) is 10.5 Å². The van der Waals surface area contributed by atoms with Crippen molar-refractivity contribution in [3.63, 3.8) is 0 Å². The lowest BCUT2D eigenvalue weighted by Crippen LogP contribution is -2.47. The Morgan fingerprint density at radius 3 is 2.62 bits per heavy atom. The first-order valence-electron chi connectivity index (χ1n) is 12.7. The normalized spacial score (nSPS) is 21.8. The molecule has 12 heteroatoms. The first kappa shape index (κ1) is 27.1. The highest BCUT2D eigenvalue weighted by atomic mass is 32.2. The number of aromatic nitrogens is 4. The van der Waals surface area contributed by atoms with Crippen molar-refractivity contribution in [1.82, 2.24) is 19.6 Å². The Kier molecular flexibility index (Phi) is 7.61. The monoisotopic (exact) mass is 556 g/mol. The van der Waals surface area contributed by atoms with Crippen molar-refractivity contribution in [3.05, 3.63) is 72.2 Å². The molecule has 1 aliphatic carbocycles. The number of anilines is 2. The highest BCUT2D eigenvalue weighted by Gasteiger charge is 2.36. The highest BCUT2D eigenvalue weighted by Crippen LogP contribution is 2.40. The summed E-state index contributed by atoms with van der Waals surface area (Å²) in [5, 5.41) is 7.75. The van der Waals surface area contributed by atoms with Gasteiger partial charge in [0.2, 0.25) is 5.95 Å². The maximum atomic E-state index is 14.4. The van der Waals surface area contributed by atoms with Gasteiger partial charge in [0.1, 0.15) is 21.5 Å². The number of halogens is 2. The fraction of sp³-hybridized carbons (Fsp3) is 0.370. The van der Waals surface area contributed by atoms with Gasteiger partial charge in [-0.25, -0.2) is 22.2 Å². The molecule has 0 saturated heterocycles. The van der Waals surface area contributed by atoms with Crippen LogP contribution < -0.4 is 11.1 Å². The van der Waals surface area contributed by atoms with Crippen LogP contribution in [0.3, 0.4) is 0 Å². The number of nitrogens with one attached hydrogen (secondary N) is 1. The fourth-order valence-electron chi connectivity index (χ4n) is 5.27. The summed E-state index contributed by atoms with van der Waals surface area (Å²) in [7, 11) is -3.11. The third-order valence-corrected chi connectivity index (χ3v) is 8.01. The third kappa shape index (κ3) is 5.92. The van der Waals surface area contributed by atoms with Crippen LogP contribution in [0.5, 0.6) is 0 Å². The van der Waals surface area contributed by atoms with Crippen LogP contribution in [0.1, 0.15) is 31.2 Å². The van der Waals surface area contributed by atoms with Crippen LogP contribution in [-0.2, 0) is 14.6 Å². The van der Waals surface area contributed by atoms with Gasteiger partial charge in [-0.15, -0.1) is 0 Å². The van der Waals surface area contributed by atoms with Crippen molar-refractivity contribution in [2.24, 2.45) is 11.7 Å². The van der Waals surface area contributed by atoms with Gasteiger partial charge >= 0.3 is 0 Å². The Balaban J connectivity index is 1.38. The molecule has 0 bridgehead atoms. The molecule has 1 aromatic carbocycles. The van der Waals surface area contributed by atoms with Gasteiger partial charge in [-0.3, -0.25) is 4.98 Å². The molecule has 4 aromatic rings. The molecule has 0 spiro atoms. The molecule has 3 N–H and O–H groups in total. The molecule has 3 aromatic heterocycles. The van der Waals surface area contributed by atoms with Crippen molar-refractivity contribution in [2.45, 2.75) is 37.8 Å². The molecule has 1 fully saturated rings. The lowest BCUT2D eigenvalue weighted by atomic mass is 9.74. The Hall–Kier alpha value is -3.48. The molecule has 3 heterocycles. The first-order chi connectivity index (χ1) is 18.6. The van der Waals surface area contributed by atoms with Crippen LogP contribution in [0.2, 0.25) is 0 Å². The summed E-state index contributed by atoms with van der Waals surface area (Å²) in [5.74, 6) is -0.876. The van der Waals surface area contributed by atoms with Crippen LogP contribution in [0, 0.1) is 17.6 Å². The number of hydrogen-bond acceptors (Lipinski definition) is 8. The number of rotatable bonds is 8. The predicted octanol–water partition coefficient (Wildman–Crippen LogP) is 4.08. The molecule has 206 valence electrons. The summed E-state index contributed by atoms with van der Waals surface area (Å²) in [5.41, 5.74) is 8.79. The number of pyridine rings is 1. The number of nitrogens with two attached hydrogens (primary N) is 1. The predicted molar refractivity (Wildman–Crippen MR) is 144 cm³/mol. The van der Waals surface area contributed by atoms with E-state index in [9.17, 15) is 17.2 Å². The molecule has 0 radical (unpaired) electrons. The molecular formula is C27H30F2N6O3S. The van der Waals surface area contributed by atoms with Gasteiger partial charge in [-0.05, 0) is 60.6 Å². The summed E-state index contributed by atoms with van der Waals surface area (Å²) >= 11 is 0. The van der Waals surface area contributed by atoms with Gasteiger partial charge in [0.05, 0.1) is 53.3 Å². The molecule has 5 rings (SSSR count). The van der Waals surface area contributed by atoms with Gasteiger partial charge in [0, 0.05) is 18.5 Å². The largest absolute Gasteiger partial charge is 0.375 e. The van der Waals surface area contributed by atoms with Crippen LogP contribution >= 0.6 is 0 Å². The topological polar surface area (TPSA) is 124 Å². The summed E-state index contributed by atoms with van der Waals surface area (Å²) in [4.78, 5) is 8.71. The van der Waals surface area contributed by atoms with Crippen molar-refractivity contribution in [3.8, 4) is 11.3 Å². The minimum Gasteiger partial charge on any atom is -0.375 e. The number of sulfone groups is 1.